The molecule has 2 aliphatic rings. The molecule has 0 spiro atoms. The van der Waals surface area contributed by atoms with E-state index in [1.807, 2.05) is 0 Å². The Hall–Kier alpha value is -0.670. The minimum absolute atomic E-state index is 1.13. The first-order valence-corrected chi connectivity index (χ1v) is 8.23. The monoisotopic (exact) mass is 262 g/mol. The van der Waals surface area contributed by atoms with Crippen LogP contribution in [-0.4, -0.2) is 36.0 Å². The van der Waals surface area contributed by atoms with Crippen molar-refractivity contribution >= 4 is 17.4 Å². The van der Waals surface area contributed by atoms with E-state index in [1.165, 1.54) is 60.7 Å². The smallest absolute Gasteiger partial charge is 0.0372 e. The average molecular weight is 262 g/mol. The molecule has 1 aromatic carbocycles. The maximum Gasteiger partial charge on any atom is 0.0372 e. The lowest BCUT2D eigenvalue weighted by Gasteiger charge is -2.22. The normalized spacial score (nSPS) is 20.9. The summed E-state index contributed by atoms with van der Waals surface area (Å²) < 4.78 is 0. The zero-order valence-electron chi connectivity index (χ0n) is 11.0. The van der Waals surface area contributed by atoms with Crippen LogP contribution in [0.2, 0.25) is 0 Å². The molecular formula is C15H22N2S. The predicted octanol–water partition coefficient (Wildman–Crippen LogP) is 2.98. The number of nitrogens with one attached hydrogen (secondary N) is 1. The summed E-state index contributed by atoms with van der Waals surface area (Å²) in [4.78, 5) is 2.61. The fourth-order valence-electron chi connectivity index (χ4n) is 2.84. The van der Waals surface area contributed by atoms with E-state index in [4.69, 9.17) is 0 Å². The molecule has 0 amide bonds. The lowest BCUT2D eigenvalue weighted by atomic mass is 10.0. The maximum atomic E-state index is 3.49. The molecule has 1 saturated heterocycles. The number of anilines is 1. The third-order valence-electron chi connectivity index (χ3n) is 3.83. The van der Waals surface area contributed by atoms with Crippen LogP contribution in [0.4, 0.5) is 5.69 Å². The van der Waals surface area contributed by atoms with Crippen molar-refractivity contribution in [3.05, 3.63) is 29.3 Å². The van der Waals surface area contributed by atoms with Crippen LogP contribution in [0.15, 0.2) is 18.2 Å². The van der Waals surface area contributed by atoms with E-state index >= 15 is 0 Å². The quantitative estimate of drug-likeness (QED) is 0.882. The standard InChI is InChI=1S/C15H22N2S/c1-3-14-11-13(4-5-15(14)16-6-1)12-17-7-2-9-18-10-8-17/h4-5,11,16H,1-3,6-10,12H2. The molecule has 2 aliphatic heterocycles. The Morgan fingerprint density at radius 1 is 1.17 bits per heavy atom. The maximum absolute atomic E-state index is 3.49. The van der Waals surface area contributed by atoms with Gasteiger partial charge in [-0.2, -0.15) is 11.8 Å². The van der Waals surface area contributed by atoms with E-state index in [2.05, 4.69) is 40.2 Å². The Kier molecular flexibility index (Phi) is 4.11. The molecule has 1 N–H and O–H groups in total. The molecule has 3 heteroatoms. The van der Waals surface area contributed by atoms with Gasteiger partial charge in [-0.05, 0) is 48.8 Å². The Morgan fingerprint density at radius 2 is 2.17 bits per heavy atom. The van der Waals surface area contributed by atoms with Gasteiger partial charge in [-0.1, -0.05) is 12.1 Å². The Bertz CT molecular complexity index is 397. The van der Waals surface area contributed by atoms with Crippen LogP contribution in [0.3, 0.4) is 0 Å². The van der Waals surface area contributed by atoms with Crippen molar-refractivity contribution in [3.8, 4) is 0 Å². The summed E-state index contributed by atoms with van der Waals surface area (Å²) in [5.74, 6) is 2.64. The molecule has 98 valence electrons. The molecule has 0 radical (unpaired) electrons. The minimum Gasteiger partial charge on any atom is -0.385 e. The van der Waals surface area contributed by atoms with Crippen molar-refractivity contribution in [1.82, 2.24) is 4.90 Å². The second-order valence-corrected chi connectivity index (χ2v) is 6.49. The second kappa shape index (κ2) is 5.98. The van der Waals surface area contributed by atoms with Gasteiger partial charge in [0.2, 0.25) is 0 Å². The number of nitrogens with zero attached hydrogens (tertiary/aromatic N) is 1. The fraction of sp³-hybridized carbons (Fsp3) is 0.600. The Morgan fingerprint density at radius 3 is 3.17 bits per heavy atom. The summed E-state index contributed by atoms with van der Waals surface area (Å²) in [5.41, 5.74) is 4.36. The van der Waals surface area contributed by atoms with Crippen molar-refractivity contribution in [3.63, 3.8) is 0 Å². The van der Waals surface area contributed by atoms with E-state index in [9.17, 15) is 0 Å². The number of benzene rings is 1. The highest BCUT2D eigenvalue weighted by Crippen LogP contribution is 2.24. The molecule has 0 aliphatic carbocycles. The largest absolute Gasteiger partial charge is 0.385 e. The van der Waals surface area contributed by atoms with Crippen molar-refractivity contribution in [1.29, 1.82) is 0 Å². The van der Waals surface area contributed by atoms with Gasteiger partial charge >= 0.3 is 0 Å². The summed E-state index contributed by atoms with van der Waals surface area (Å²) >= 11 is 2.10. The van der Waals surface area contributed by atoms with Gasteiger partial charge in [0.25, 0.3) is 0 Å². The lowest BCUT2D eigenvalue weighted by Crippen LogP contribution is -2.25. The van der Waals surface area contributed by atoms with E-state index in [-0.39, 0.29) is 0 Å². The molecule has 2 heterocycles. The highest BCUT2D eigenvalue weighted by Gasteiger charge is 2.12. The van der Waals surface area contributed by atoms with Gasteiger partial charge in [-0.15, -0.1) is 0 Å². The van der Waals surface area contributed by atoms with Crippen LogP contribution in [0.1, 0.15) is 24.0 Å². The van der Waals surface area contributed by atoms with Crippen molar-refractivity contribution in [2.24, 2.45) is 0 Å². The van der Waals surface area contributed by atoms with E-state index in [0.29, 0.717) is 0 Å². The lowest BCUT2D eigenvalue weighted by molar-refractivity contribution is 0.287. The van der Waals surface area contributed by atoms with Gasteiger partial charge in [-0.25, -0.2) is 0 Å². The molecule has 0 unspecified atom stereocenters. The molecule has 18 heavy (non-hydrogen) atoms. The van der Waals surface area contributed by atoms with E-state index in [1.54, 1.807) is 0 Å². The van der Waals surface area contributed by atoms with Gasteiger partial charge in [-0.3, -0.25) is 4.90 Å². The Balaban J connectivity index is 1.68. The number of aryl methyl sites for hydroxylation is 1. The minimum atomic E-state index is 1.13. The third kappa shape index (κ3) is 3.01. The zero-order chi connectivity index (χ0) is 12.2. The molecule has 0 aromatic heterocycles. The molecule has 2 nitrogen and oxygen atoms in total. The number of rotatable bonds is 2. The van der Waals surface area contributed by atoms with Gasteiger partial charge in [0.1, 0.15) is 0 Å². The highest BCUT2D eigenvalue weighted by atomic mass is 32.2. The average Bonchev–Trinajstić information content (AvgIpc) is 2.67. The van der Waals surface area contributed by atoms with Crippen LogP contribution in [0.5, 0.6) is 0 Å². The topological polar surface area (TPSA) is 15.3 Å². The molecular weight excluding hydrogens is 240 g/mol. The van der Waals surface area contributed by atoms with Crippen LogP contribution in [0, 0.1) is 0 Å². The predicted molar refractivity (Wildman–Crippen MR) is 80.5 cm³/mol. The summed E-state index contributed by atoms with van der Waals surface area (Å²) in [6.07, 6.45) is 3.86. The fourth-order valence-corrected chi connectivity index (χ4v) is 3.77. The number of thioether (sulfide) groups is 1. The van der Waals surface area contributed by atoms with Crippen LogP contribution in [0.25, 0.3) is 0 Å². The van der Waals surface area contributed by atoms with Crippen molar-refractivity contribution < 1.29 is 0 Å². The second-order valence-electron chi connectivity index (χ2n) is 5.26. The first kappa shape index (κ1) is 12.4. The molecule has 3 rings (SSSR count). The molecule has 0 saturated carbocycles. The van der Waals surface area contributed by atoms with Gasteiger partial charge in [0.15, 0.2) is 0 Å². The number of hydrogen-bond acceptors (Lipinski definition) is 3. The van der Waals surface area contributed by atoms with Gasteiger partial charge in [0.05, 0.1) is 0 Å². The number of fused-ring (bicyclic) bond motifs is 1. The summed E-state index contributed by atoms with van der Waals surface area (Å²) in [6.45, 7) is 4.78. The first-order valence-electron chi connectivity index (χ1n) is 7.07. The highest BCUT2D eigenvalue weighted by molar-refractivity contribution is 7.99. The Labute approximate surface area is 114 Å². The molecule has 0 bridgehead atoms. The first-order chi connectivity index (χ1) is 8.92. The van der Waals surface area contributed by atoms with Gasteiger partial charge in [0, 0.05) is 31.1 Å². The van der Waals surface area contributed by atoms with Crippen LogP contribution >= 0.6 is 11.8 Å². The molecule has 1 aromatic rings. The van der Waals surface area contributed by atoms with Gasteiger partial charge < -0.3 is 5.32 Å². The zero-order valence-corrected chi connectivity index (χ0v) is 11.8. The summed E-state index contributed by atoms with van der Waals surface area (Å²) in [5, 5.41) is 3.49. The van der Waals surface area contributed by atoms with E-state index in [0.717, 1.165) is 13.1 Å². The summed E-state index contributed by atoms with van der Waals surface area (Å²) in [6, 6.07) is 6.99. The molecule has 0 atom stereocenters. The molecule has 1 fully saturated rings. The SMILES string of the molecule is c1cc2c(cc1CN1CCCSCC1)CCCN2. The van der Waals surface area contributed by atoms with Crippen molar-refractivity contribution in [2.45, 2.75) is 25.8 Å². The van der Waals surface area contributed by atoms with E-state index < -0.39 is 0 Å². The number of hydrogen-bond donors (Lipinski definition) is 1. The summed E-state index contributed by atoms with van der Waals surface area (Å²) in [7, 11) is 0. The van der Waals surface area contributed by atoms with Crippen molar-refractivity contribution in [2.75, 3.05) is 36.5 Å². The van der Waals surface area contributed by atoms with Crippen LogP contribution in [-0.2, 0) is 13.0 Å². The third-order valence-corrected chi connectivity index (χ3v) is 4.88. The van der Waals surface area contributed by atoms with Crippen LogP contribution < -0.4 is 5.32 Å².